The van der Waals surface area contributed by atoms with Crippen molar-refractivity contribution in [1.82, 2.24) is 20.0 Å². The fraction of sp³-hybridized carbons (Fsp3) is 0.368. The first-order valence-corrected chi connectivity index (χ1v) is 16.7. The topological polar surface area (TPSA) is 105 Å². The maximum absolute atomic E-state index is 15.6. The van der Waals surface area contributed by atoms with Crippen molar-refractivity contribution in [1.29, 1.82) is 0 Å². The number of hydrogen-bond acceptors (Lipinski definition) is 6. The highest BCUT2D eigenvalue weighted by atomic mass is 19.4. The second-order valence-electron chi connectivity index (χ2n) is 15.2. The first-order chi connectivity index (χ1) is 23.5. The number of nitrogens with zero attached hydrogens (tertiary/aromatic N) is 3. The zero-order chi connectivity index (χ0) is 35.5. The molecule has 0 radical (unpaired) electrons. The van der Waals surface area contributed by atoms with Crippen LogP contribution in [-0.4, -0.2) is 31.5 Å². The number of alkyl halides is 3. The third kappa shape index (κ3) is 4.56. The summed E-state index contributed by atoms with van der Waals surface area (Å²) in [5.41, 5.74) is 0.0194. The van der Waals surface area contributed by atoms with Gasteiger partial charge in [0.2, 0.25) is 0 Å². The molecule has 4 heterocycles. The third-order valence-corrected chi connectivity index (χ3v) is 11.0. The Morgan fingerprint density at radius 1 is 0.840 bits per heavy atom. The second kappa shape index (κ2) is 10.5. The Kier molecular flexibility index (Phi) is 6.77. The Bertz CT molecular complexity index is 2190. The molecule has 2 aromatic heterocycles. The van der Waals surface area contributed by atoms with Crippen molar-refractivity contribution in [2.45, 2.75) is 83.4 Å². The number of allylic oxidation sites excluding steroid dienone is 4. The molecule has 0 spiro atoms. The van der Waals surface area contributed by atoms with Crippen molar-refractivity contribution in [3.05, 3.63) is 117 Å². The van der Waals surface area contributed by atoms with Gasteiger partial charge in [-0.1, -0.05) is 62.4 Å². The maximum atomic E-state index is 15.6. The number of nitrogens with one attached hydrogen (secondary N) is 3. The van der Waals surface area contributed by atoms with Crippen LogP contribution in [0.2, 0.25) is 0 Å². The van der Waals surface area contributed by atoms with E-state index < -0.39 is 34.4 Å². The number of ketones is 2. The Hall–Kier alpha value is -5.00. The molecule has 3 atom stereocenters. The summed E-state index contributed by atoms with van der Waals surface area (Å²) in [5, 5.41) is 17.7. The SMILES string of the molecule is Cc1c2c(nn1C1(C)CC(=O)C3=C(C1)Nc1n[nH]c(C(F)(F)F)c1C3(C)c1ccccc1F)NC1=C(C(=O)CC(C)(C)C1)C2c1ccccc1. The minimum atomic E-state index is -4.84. The molecule has 4 aromatic rings. The fourth-order valence-corrected chi connectivity index (χ4v) is 9.02. The summed E-state index contributed by atoms with van der Waals surface area (Å²) in [6.07, 6.45) is -3.69. The van der Waals surface area contributed by atoms with Crippen LogP contribution in [0.15, 0.2) is 77.1 Å². The molecule has 4 aliphatic rings. The molecule has 2 aliphatic heterocycles. The number of aromatic nitrogens is 4. The van der Waals surface area contributed by atoms with Crippen molar-refractivity contribution >= 4 is 23.2 Å². The molecular weight excluding hydrogens is 648 g/mol. The van der Waals surface area contributed by atoms with Crippen LogP contribution in [0.25, 0.3) is 0 Å². The van der Waals surface area contributed by atoms with E-state index in [4.69, 9.17) is 5.10 Å². The smallest absolute Gasteiger partial charge is 0.342 e. The number of Topliss-reactive ketones (excluding diaryl/α,β-unsaturated/α-hetero) is 2. The molecule has 3 N–H and O–H groups in total. The minimum Gasteiger partial charge on any atom is -0.342 e. The molecule has 0 saturated heterocycles. The van der Waals surface area contributed by atoms with Gasteiger partial charge >= 0.3 is 6.18 Å². The Morgan fingerprint density at radius 3 is 2.22 bits per heavy atom. The molecule has 8 nitrogen and oxygen atoms in total. The third-order valence-electron chi connectivity index (χ3n) is 11.0. The van der Waals surface area contributed by atoms with E-state index in [1.54, 1.807) is 6.07 Å². The van der Waals surface area contributed by atoms with Gasteiger partial charge in [0.1, 0.15) is 11.5 Å². The van der Waals surface area contributed by atoms with Crippen LogP contribution in [0.3, 0.4) is 0 Å². The molecule has 50 heavy (non-hydrogen) atoms. The van der Waals surface area contributed by atoms with Gasteiger partial charge in [0.25, 0.3) is 0 Å². The highest BCUT2D eigenvalue weighted by Crippen LogP contribution is 2.56. The van der Waals surface area contributed by atoms with E-state index in [2.05, 4.69) is 34.7 Å². The van der Waals surface area contributed by atoms with Gasteiger partial charge in [0, 0.05) is 70.1 Å². The zero-order valence-corrected chi connectivity index (χ0v) is 28.3. The van der Waals surface area contributed by atoms with Gasteiger partial charge in [0.05, 0.1) is 11.0 Å². The summed E-state index contributed by atoms with van der Waals surface area (Å²) in [5.74, 6) is -0.960. The molecule has 0 saturated carbocycles. The number of aromatic amines is 1. The van der Waals surface area contributed by atoms with Gasteiger partial charge in [-0.2, -0.15) is 23.4 Å². The van der Waals surface area contributed by atoms with Gasteiger partial charge in [-0.3, -0.25) is 19.4 Å². The predicted molar refractivity (Wildman–Crippen MR) is 179 cm³/mol. The standard InChI is InChI=1S/C38H36F4N6O2/c1-19-27-28(20-11-7-6-8-12-20)29-23(15-35(2,3)17-25(29)49)43-33(27)47-48(19)36(4)16-24-30(26(50)18-36)37(5,21-13-9-10-14-22(21)39)31-32(38(40,41)42)45-46-34(31)44-24/h6-14,28H,15-18H2,1-5H3,(H,43,47)(H2,44,45,46). The highest BCUT2D eigenvalue weighted by molar-refractivity contribution is 6.03. The summed E-state index contributed by atoms with van der Waals surface area (Å²) >= 11 is 0. The van der Waals surface area contributed by atoms with Crippen LogP contribution in [0, 0.1) is 18.2 Å². The quantitative estimate of drug-likeness (QED) is 0.189. The lowest BCUT2D eigenvalue weighted by Gasteiger charge is -2.45. The number of rotatable bonds is 3. The summed E-state index contributed by atoms with van der Waals surface area (Å²) < 4.78 is 60.6. The van der Waals surface area contributed by atoms with E-state index in [0.29, 0.717) is 24.4 Å². The summed E-state index contributed by atoms with van der Waals surface area (Å²) in [6, 6.07) is 15.4. The second-order valence-corrected chi connectivity index (χ2v) is 15.2. The molecule has 0 bridgehead atoms. The van der Waals surface area contributed by atoms with Gasteiger partial charge in [-0.05, 0) is 44.2 Å². The van der Waals surface area contributed by atoms with Crippen LogP contribution in [0.4, 0.5) is 29.2 Å². The number of halogens is 4. The predicted octanol–water partition coefficient (Wildman–Crippen LogP) is 8.04. The number of fused-ring (bicyclic) bond motifs is 2. The average molecular weight is 685 g/mol. The molecular formula is C38H36F4N6O2. The van der Waals surface area contributed by atoms with Crippen LogP contribution < -0.4 is 10.6 Å². The molecule has 2 aliphatic carbocycles. The number of anilines is 2. The summed E-state index contributed by atoms with van der Waals surface area (Å²) in [7, 11) is 0. The van der Waals surface area contributed by atoms with Crippen LogP contribution in [0.1, 0.15) is 92.9 Å². The Morgan fingerprint density at radius 2 is 1.52 bits per heavy atom. The van der Waals surface area contributed by atoms with Crippen molar-refractivity contribution < 1.29 is 27.2 Å². The molecule has 12 heteroatoms. The zero-order valence-electron chi connectivity index (χ0n) is 28.3. The molecule has 0 fully saturated rings. The number of carbonyl (C=O) groups is 2. The van der Waals surface area contributed by atoms with E-state index in [0.717, 1.165) is 28.1 Å². The van der Waals surface area contributed by atoms with Gasteiger partial charge in [-0.15, -0.1) is 0 Å². The maximum Gasteiger partial charge on any atom is 0.433 e. The van der Waals surface area contributed by atoms with Crippen molar-refractivity contribution in [3.63, 3.8) is 0 Å². The summed E-state index contributed by atoms with van der Waals surface area (Å²) in [6.45, 7) is 9.42. The largest absolute Gasteiger partial charge is 0.433 e. The fourth-order valence-electron chi connectivity index (χ4n) is 9.02. The number of benzene rings is 2. The van der Waals surface area contributed by atoms with E-state index in [1.807, 2.05) is 48.9 Å². The highest BCUT2D eigenvalue weighted by Gasteiger charge is 2.55. The normalized spacial score (nSPS) is 25.7. The molecule has 8 rings (SSSR count). The first-order valence-electron chi connectivity index (χ1n) is 16.7. The number of H-pyrrole nitrogens is 1. The van der Waals surface area contributed by atoms with Gasteiger partial charge in [-0.25, -0.2) is 4.39 Å². The van der Waals surface area contributed by atoms with E-state index >= 15 is 4.39 Å². The minimum absolute atomic E-state index is 0.0519. The monoisotopic (exact) mass is 684 g/mol. The lowest BCUT2D eigenvalue weighted by molar-refractivity contribution is -0.142. The average Bonchev–Trinajstić information content (AvgIpc) is 3.62. The van der Waals surface area contributed by atoms with Crippen molar-refractivity contribution in [3.8, 4) is 0 Å². The molecule has 3 unspecified atom stereocenters. The lowest BCUT2D eigenvalue weighted by atomic mass is 9.62. The van der Waals surface area contributed by atoms with Crippen LogP contribution in [-0.2, 0) is 26.7 Å². The van der Waals surface area contributed by atoms with Crippen molar-refractivity contribution in [2.24, 2.45) is 5.41 Å². The van der Waals surface area contributed by atoms with Crippen molar-refractivity contribution in [2.75, 3.05) is 10.6 Å². The van der Waals surface area contributed by atoms with E-state index in [-0.39, 0.29) is 52.5 Å². The van der Waals surface area contributed by atoms with Crippen LogP contribution >= 0.6 is 0 Å². The Balaban J connectivity index is 1.28. The first kappa shape index (κ1) is 32.2. The summed E-state index contributed by atoms with van der Waals surface area (Å²) in [4.78, 5) is 28.3. The van der Waals surface area contributed by atoms with Gasteiger partial charge < -0.3 is 10.6 Å². The number of hydrogen-bond donors (Lipinski definition) is 3. The van der Waals surface area contributed by atoms with Gasteiger partial charge in [0.15, 0.2) is 23.2 Å². The lowest BCUT2D eigenvalue weighted by Crippen LogP contribution is -2.47. The van der Waals surface area contributed by atoms with E-state index in [9.17, 15) is 22.8 Å². The molecule has 258 valence electrons. The van der Waals surface area contributed by atoms with E-state index in [1.165, 1.54) is 25.1 Å². The van der Waals surface area contributed by atoms with Crippen LogP contribution in [0.5, 0.6) is 0 Å². The Labute approximate surface area is 286 Å². The molecule has 0 amide bonds. The number of carbonyl (C=O) groups excluding carboxylic acids is 2. The molecule has 2 aromatic carbocycles.